The van der Waals surface area contributed by atoms with E-state index in [4.69, 9.17) is 16.3 Å². The average Bonchev–Trinajstić information content (AvgIpc) is 3.12. The third-order valence-corrected chi connectivity index (χ3v) is 4.62. The van der Waals surface area contributed by atoms with E-state index in [2.05, 4.69) is 10.2 Å². The number of carbonyl (C=O) groups excluding carboxylic acids is 2. The smallest absolute Gasteiger partial charge is 0.325 e. The fourth-order valence-corrected chi connectivity index (χ4v) is 2.98. The number of nitrogens with one attached hydrogen (secondary N) is 1. The number of amides is 1. The van der Waals surface area contributed by atoms with Crippen LogP contribution in [-0.2, 0) is 16.1 Å². The van der Waals surface area contributed by atoms with Crippen LogP contribution in [0.15, 0.2) is 48.5 Å². The molecule has 1 aliphatic rings. The molecule has 0 bridgehead atoms. The van der Waals surface area contributed by atoms with Crippen LogP contribution in [0.2, 0.25) is 5.02 Å². The van der Waals surface area contributed by atoms with Gasteiger partial charge in [-0.15, -0.1) is 0 Å². The van der Waals surface area contributed by atoms with Crippen molar-refractivity contribution in [1.29, 1.82) is 0 Å². The molecule has 1 unspecified atom stereocenters. The molecule has 0 aliphatic carbocycles. The number of carbonyl (C=O) groups is 2. The van der Waals surface area contributed by atoms with Gasteiger partial charge >= 0.3 is 5.97 Å². The van der Waals surface area contributed by atoms with Crippen molar-refractivity contribution >= 4 is 29.2 Å². The first kappa shape index (κ1) is 19.2. The lowest BCUT2D eigenvalue weighted by Crippen LogP contribution is -2.30. The van der Waals surface area contributed by atoms with Crippen molar-refractivity contribution in [2.75, 3.05) is 24.5 Å². The molecule has 1 saturated heterocycles. The largest absolute Gasteiger partial charge is 0.460 e. The predicted molar refractivity (Wildman–Crippen MR) is 103 cm³/mol. The second kappa shape index (κ2) is 8.88. The van der Waals surface area contributed by atoms with Crippen LogP contribution in [-0.4, -0.2) is 42.7 Å². The van der Waals surface area contributed by atoms with Gasteiger partial charge in [0, 0.05) is 29.4 Å². The molecule has 142 valence electrons. The summed E-state index contributed by atoms with van der Waals surface area (Å²) in [6.45, 7) is 1.33. The summed E-state index contributed by atoms with van der Waals surface area (Å²) in [5.41, 5.74) is 2.25. The molecule has 0 radical (unpaired) electrons. The van der Waals surface area contributed by atoms with E-state index < -0.39 is 5.97 Å². The summed E-state index contributed by atoms with van der Waals surface area (Å²) in [7, 11) is 0. The van der Waals surface area contributed by atoms with Gasteiger partial charge in [0.25, 0.3) is 5.91 Å². The van der Waals surface area contributed by atoms with Crippen molar-refractivity contribution < 1.29 is 19.4 Å². The Morgan fingerprint density at radius 3 is 2.48 bits per heavy atom. The van der Waals surface area contributed by atoms with Gasteiger partial charge in [-0.1, -0.05) is 23.7 Å². The topological polar surface area (TPSA) is 78.9 Å². The Balaban J connectivity index is 1.44. The highest BCUT2D eigenvalue weighted by Crippen LogP contribution is 2.20. The van der Waals surface area contributed by atoms with E-state index in [-0.39, 0.29) is 25.2 Å². The number of esters is 1. The first-order valence-corrected chi connectivity index (χ1v) is 9.10. The van der Waals surface area contributed by atoms with Gasteiger partial charge in [0.1, 0.15) is 13.2 Å². The standard InChI is InChI=1S/C20H21ClN2O4/c21-16-5-1-14(2-6-16)13-27-19(25)11-22-20(26)15-3-7-17(8-4-15)23-10-9-18(24)12-23/h1-8,18,24H,9-13H2,(H,22,26). The van der Waals surface area contributed by atoms with E-state index in [0.29, 0.717) is 17.1 Å². The molecule has 6 nitrogen and oxygen atoms in total. The zero-order chi connectivity index (χ0) is 19.2. The zero-order valence-corrected chi connectivity index (χ0v) is 15.5. The van der Waals surface area contributed by atoms with Crippen molar-refractivity contribution in [2.45, 2.75) is 19.1 Å². The van der Waals surface area contributed by atoms with E-state index in [1.54, 1.807) is 36.4 Å². The number of halogens is 1. The second-order valence-electron chi connectivity index (χ2n) is 6.41. The molecule has 2 aromatic rings. The van der Waals surface area contributed by atoms with Crippen molar-refractivity contribution in [1.82, 2.24) is 5.32 Å². The Bertz CT molecular complexity index is 793. The second-order valence-corrected chi connectivity index (χ2v) is 6.84. The first-order valence-electron chi connectivity index (χ1n) is 8.72. The lowest BCUT2D eigenvalue weighted by atomic mass is 10.2. The first-order chi connectivity index (χ1) is 13.0. The molecule has 0 spiro atoms. The zero-order valence-electron chi connectivity index (χ0n) is 14.7. The molecule has 1 atom stereocenters. The molecule has 2 aromatic carbocycles. The molecule has 7 heteroatoms. The van der Waals surface area contributed by atoms with Crippen molar-refractivity contribution in [3.8, 4) is 0 Å². The van der Waals surface area contributed by atoms with Crippen LogP contribution in [0.3, 0.4) is 0 Å². The summed E-state index contributed by atoms with van der Waals surface area (Å²) < 4.78 is 5.12. The molecule has 0 saturated carbocycles. The van der Waals surface area contributed by atoms with Crippen LogP contribution in [0.4, 0.5) is 5.69 Å². The Morgan fingerprint density at radius 2 is 1.85 bits per heavy atom. The summed E-state index contributed by atoms with van der Waals surface area (Å²) in [5, 5.41) is 12.8. The third kappa shape index (κ3) is 5.45. The molecular formula is C20H21ClN2O4. The van der Waals surface area contributed by atoms with Crippen LogP contribution in [0.5, 0.6) is 0 Å². The molecule has 27 heavy (non-hydrogen) atoms. The summed E-state index contributed by atoms with van der Waals surface area (Å²) >= 11 is 5.80. The maximum Gasteiger partial charge on any atom is 0.325 e. The van der Waals surface area contributed by atoms with Crippen molar-refractivity contribution in [3.63, 3.8) is 0 Å². The highest BCUT2D eigenvalue weighted by Gasteiger charge is 2.20. The van der Waals surface area contributed by atoms with Gasteiger partial charge in [0.2, 0.25) is 0 Å². The minimum absolute atomic E-state index is 0.127. The quantitative estimate of drug-likeness (QED) is 0.743. The lowest BCUT2D eigenvalue weighted by molar-refractivity contribution is -0.143. The van der Waals surface area contributed by atoms with Crippen LogP contribution in [0.1, 0.15) is 22.3 Å². The monoisotopic (exact) mass is 388 g/mol. The molecule has 0 aromatic heterocycles. The fraction of sp³-hybridized carbons (Fsp3) is 0.300. The predicted octanol–water partition coefficient (Wildman–Crippen LogP) is 2.38. The van der Waals surface area contributed by atoms with Crippen LogP contribution in [0.25, 0.3) is 0 Å². The number of nitrogens with zero attached hydrogens (tertiary/aromatic N) is 1. The normalized spacial score (nSPS) is 16.2. The van der Waals surface area contributed by atoms with E-state index in [9.17, 15) is 14.7 Å². The fourth-order valence-electron chi connectivity index (χ4n) is 2.85. The number of ether oxygens (including phenoxy) is 1. The number of benzene rings is 2. The molecule has 1 amide bonds. The SMILES string of the molecule is O=C(CNC(=O)c1ccc(N2CCC(O)C2)cc1)OCc1ccc(Cl)cc1. The van der Waals surface area contributed by atoms with E-state index in [1.807, 2.05) is 12.1 Å². The maximum absolute atomic E-state index is 12.2. The minimum Gasteiger partial charge on any atom is -0.460 e. The van der Waals surface area contributed by atoms with Crippen LogP contribution >= 0.6 is 11.6 Å². The summed E-state index contributed by atoms with van der Waals surface area (Å²) in [5.74, 6) is -0.854. The number of aliphatic hydroxyl groups is 1. The van der Waals surface area contributed by atoms with E-state index in [1.165, 1.54) is 0 Å². The van der Waals surface area contributed by atoms with Gasteiger partial charge in [-0.3, -0.25) is 9.59 Å². The summed E-state index contributed by atoms with van der Waals surface area (Å²) in [4.78, 5) is 26.0. The lowest BCUT2D eigenvalue weighted by Gasteiger charge is -2.17. The Labute approximate surface area is 162 Å². The third-order valence-electron chi connectivity index (χ3n) is 4.36. The Hall–Kier alpha value is -2.57. The molecule has 1 heterocycles. The highest BCUT2D eigenvalue weighted by molar-refractivity contribution is 6.30. The van der Waals surface area contributed by atoms with E-state index in [0.717, 1.165) is 24.2 Å². The highest BCUT2D eigenvalue weighted by atomic mass is 35.5. The molecule has 3 rings (SSSR count). The van der Waals surface area contributed by atoms with E-state index >= 15 is 0 Å². The van der Waals surface area contributed by atoms with Crippen molar-refractivity contribution in [2.24, 2.45) is 0 Å². The van der Waals surface area contributed by atoms with Gasteiger partial charge in [-0.2, -0.15) is 0 Å². The van der Waals surface area contributed by atoms with Gasteiger partial charge < -0.3 is 20.1 Å². The minimum atomic E-state index is -0.513. The van der Waals surface area contributed by atoms with Crippen molar-refractivity contribution in [3.05, 3.63) is 64.7 Å². The number of β-amino-alcohol motifs (C(OH)–C–C–N with tert-alkyl or cyclic N) is 1. The van der Waals surface area contributed by atoms with Gasteiger partial charge in [-0.05, 0) is 48.4 Å². The average molecular weight is 389 g/mol. The summed E-state index contributed by atoms with van der Waals surface area (Å²) in [6, 6.07) is 14.1. The van der Waals surface area contributed by atoms with Crippen LogP contribution in [0, 0.1) is 0 Å². The van der Waals surface area contributed by atoms with Gasteiger partial charge in [0.05, 0.1) is 6.10 Å². The molecule has 1 aliphatic heterocycles. The summed E-state index contributed by atoms with van der Waals surface area (Å²) in [6.07, 6.45) is 0.451. The molecule has 1 fully saturated rings. The number of hydrogen-bond donors (Lipinski definition) is 2. The van der Waals surface area contributed by atoms with Gasteiger partial charge in [-0.25, -0.2) is 0 Å². The Morgan fingerprint density at radius 1 is 1.15 bits per heavy atom. The van der Waals surface area contributed by atoms with Crippen LogP contribution < -0.4 is 10.2 Å². The maximum atomic E-state index is 12.2. The molecule has 2 N–H and O–H groups in total. The van der Waals surface area contributed by atoms with Gasteiger partial charge in [0.15, 0.2) is 0 Å². The Kier molecular flexibility index (Phi) is 6.32. The number of hydrogen-bond acceptors (Lipinski definition) is 5. The number of aliphatic hydroxyl groups excluding tert-OH is 1. The number of anilines is 1. The molecular weight excluding hydrogens is 368 g/mol. The number of rotatable bonds is 6.